The van der Waals surface area contributed by atoms with Crippen LogP contribution in [0.25, 0.3) is 0 Å². The Bertz CT molecular complexity index is 283. The minimum Gasteiger partial charge on any atom is -0.458 e. The molecule has 1 rings (SSSR count). The molecule has 0 spiro atoms. The van der Waals surface area contributed by atoms with Crippen molar-refractivity contribution in [2.24, 2.45) is 5.92 Å². The van der Waals surface area contributed by atoms with Crippen molar-refractivity contribution in [1.29, 1.82) is 0 Å². The number of allylic oxidation sites excluding steroid dienone is 1. The second-order valence-electron chi connectivity index (χ2n) is 4.15. The number of cyclic esters (lactones) is 1. The third-order valence-electron chi connectivity index (χ3n) is 2.93. The van der Waals surface area contributed by atoms with E-state index in [9.17, 15) is 4.79 Å². The SMILES string of the molecule is CCCCC[C@H]1OC(=O)/C(=C(/C)Cl)[C@H]1CCl. The van der Waals surface area contributed by atoms with Crippen LogP contribution in [0.4, 0.5) is 0 Å². The third-order valence-corrected chi connectivity index (χ3v) is 3.46. The minimum absolute atomic E-state index is 0.0384. The standard InChI is InChI=1S/C12H18Cl2O2/c1-3-4-5-6-10-9(7-13)11(8(2)14)12(15)16-10/h9-10H,3-7H2,1-2H3/b11-8-/t9-,10+/m0/s1. The van der Waals surface area contributed by atoms with E-state index in [1.54, 1.807) is 6.92 Å². The van der Waals surface area contributed by atoms with Gasteiger partial charge in [-0.05, 0) is 19.8 Å². The van der Waals surface area contributed by atoms with E-state index in [1.807, 2.05) is 0 Å². The Labute approximate surface area is 107 Å². The number of rotatable bonds is 5. The van der Waals surface area contributed by atoms with E-state index in [-0.39, 0.29) is 18.0 Å². The van der Waals surface area contributed by atoms with Crippen LogP contribution in [0.3, 0.4) is 0 Å². The zero-order chi connectivity index (χ0) is 12.1. The van der Waals surface area contributed by atoms with E-state index < -0.39 is 0 Å². The molecule has 16 heavy (non-hydrogen) atoms. The molecule has 0 bridgehead atoms. The second kappa shape index (κ2) is 6.51. The summed E-state index contributed by atoms with van der Waals surface area (Å²) in [6, 6.07) is 0. The summed E-state index contributed by atoms with van der Waals surface area (Å²) < 4.78 is 5.32. The van der Waals surface area contributed by atoms with Crippen LogP contribution in [0.15, 0.2) is 10.6 Å². The molecule has 2 nitrogen and oxygen atoms in total. The molecule has 2 atom stereocenters. The summed E-state index contributed by atoms with van der Waals surface area (Å²) in [5, 5.41) is 0.508. The number of esters is 1. The molecule has 1 fully saturated rings. The van der Waals surface area contributed by atoms with Crippen LogP contribution >= 0.6 is 23.2 Å². The van der Waals surface area contributed by atoms with Crippen molar-refractivity contribution in [2.45, 2.75) is 45.6 Å². The number of hydrogen-bond donors (Lipinski definition) is 0. The van der Waals surface area contributed by atoms with Gasteiger partial charge in [0.05, 0.1) is 5.57 Å². The van der Waals surface area contributed by atoms with Crippen molar-refractivity contribution in [1.82, 2.24) is 0 Å². The predicted octanol–water partition coefficient (Wildman–Crippen LogP) is 3.86. The quantitative estimate of drug-likeness (QED) is 0.326. The molecule has 0 aromatic rings. The van der Waals surface area contributed by atoms with Gasteiger partial charge >= 0.3 is 5.97 Å². The lowest BCUT2D eigenvalue weighted by Crippen LogP contribution is -2.18. The van der Waals surface area contributed by atoms with Gasteiger partial charge in [0.1, 0.15) is 6.10 Å². The topological polar surface area (TPSA) is 26.3 Å². The maximum Gasteiger partial charge on any atom is 0.335 e. The van der Waals surface area contributed by atoms with Crippen molar-refractivity contribution < 1.29 is 9.53 Å². The first-order chi connectivity index (χ1) is 7.61. The van der Waals surface area contributed by atoms with E-state index in [0.717, 1.165) is 25.7 Å². The highest BCUT2D eigenvalue weighted by atomic mass is 35.5. The summed E-state index contributed by atoms with van der Waals surface area (Å²) in [6.45, 7) is 3.86. The zero-order valence-corrected chi connectivity index (χ0v) is 11.3. The third kappa shape index (κ3) is 3.14. The number of halogens is 2. The largest absolute Gasteiger partial charge is 0.458 e. The summed E-state index contributed by atoms with van der Waals surface area (Å²) in [4.78, 5) is 11.6. The van der Waals surface area contributed by atoms with Gasteiger partial charge in [0.25, 0.3) is 0 Å². The van der Waals surface area contributed by atoms with Crippen LogP contribution < -0.4 is 0 Å². The fourth-order valence-corrected chi connectivity index (χ4v) is 2.62. The Kier molecular flexibility index (Phi) is 5.63. The lowest BCUT2D eigenvalue weighted by molar-refractivity contribution is -0.139. The molecule has 0 unspecified atom stereocenters. The van der Waals surface area contributed by atoms with Gasteiger partial charge in [-0.1, -0.05) is 31.4 Å². The Balaban J connectivity index is 2.68. The van der Waals surface area contributed by atoms with E-state index >= 15 is 0 Å². The molecule has 0 aromatic heterocycles. The van der Waals surface area contributed by atoms with Crippen molar-refractivity contribution in [3.05, 3.63) is 10.6 Å². The second-order valence-corrected chi connectivity index (χ2v) is 5.02. The number of ether oxygens (including phenoxy) is 1. The van der Waals surface area contributed by atoms with E-state index in [1.165, 1.54) is 0 Å². The van der Waals surface area contributed by atoms with E-state index in [4.69, 9.17) is 27.9 Å². The number of unbranched alkanes of at least 4 members (excludes halogenated alkanes) is 2. The van der Waals surface area contributed by atoms with Gasteiger partial charge in [-0.15, -0.1) is 11.6 Å². The van der Waals surface area contributed by atoms with Gasteiger partial charge in [0.2, 0.25) is 0 Å². The minimum atomic E-state index is -0.292. The number of carbonyl (C=O) groups excluding carboxylic acids is 1. The molecular formula is C12H18Cl2O2. The normalized spacial score (nSPS) is 28.1. The van der Waals surface area contributed by atoms with Gasteiger partial charge in [-0.2, -0.15) is 0 Å². The summed E-state index contributed by atoms with van der Waals surface area (Å²) in [6.07, 6.45) is 4.17. The maximum atomic E-state index is 11.6. The van der Waals surface area contributed by atoms with Gasteiger partial charge in [0.15, 0.2) is 0 Å². The number of hydrogen-bond acceptors (Lipinski definition) is 2. The maximum absolute atomic E-state index is 11.6. The van der Waals surface area contributed by atoms with Gasteiger partial charge < -0.3 is 4.74 Å². The fraction of sp³-hybridized carbons (Fsp3) is 0.750. The molecule has 0 radical (unpaired) electrons. The molecule has 4 heteroatoms. The fourth-order valence-electron chi connectivity index (χ4n) is 2.05. The highest BCUT2D eigenvalue weighted by Crippen LogP contribution is 2.34. The molecule has 1 heterocycles. The summed E-state index contributed by atoms with van der Waals surface area (Å²) in [5.41, 5.74) is 0.568. The van der Waals surface area contributed by atoms with Crippen LogP contribution in [0, 0.1) is 5.92 Å². The lowest BCUT2D eigenvalue weighted by atomic mass is 9.94. The first-order valence-corrected chi connectivity index (χ1v) is 6.66. The molecule has 1 saturated heterocycles. The smallest absolute Gasteiger partial charge is 0.335 e. The monoisotopic (exact) mass is 264 g/mol. The van der Waals surface area contributed by atoms with Crippen LogP contribution in [0.5, 0.6) is 0 Å². The molecule has 0 saturated carbocycles. The molecular weight excluding hydrogens is 247 g/mol. The summed E-state index contributed by atoms with van der Waals surface area (Å²) in [7, 11) is 0. The summed E-state index contributed by atoms with van der Waals surface area (Å²) in [5.74, 6) is 0.0604. The Hall–Kier alpha value is -0.210. The van der Waals surface area contributed by atoms with E-state index in [2.05, 4.69) is 6.92 Å². The molecule has 0 aliphatic carbocycles. The molecule has 92 valence electrons. The van der Waals surface area contributed by atoms with Crippen LogP contribution in [-0.2, 0) is 9.53 Å². The average molecular weight is 265 g/mol. The highest BCUT2D eigenvalue weighted by Gasteiger charge is 2.39. The van der Waals surface area contributed by atoms with Crippen molar-refractivity contribution in [2.75, 3.05) is 5.88 Å². The number of carbonyl (C=O) groups is 1. The van der Waals surface area contributed by atoms with Crippen molar-refractivity contribution in [3.63, 3.8) is 0 Å². The van der Waals surface area contributed by atoms with Crippen LogP contribution in [0.2, 0.25) is 0 Å². The van der Waals surface area contributed by atoms with Crippen molar-refractivity contribution in [3.8, 4) is 0 Å². The molecule has 1 aliphatic heterocycles. The highest BCUT2D eigenvalue weighted by molar-refractivity contribution is 6.31. The molecule has 0 amide bonds. The van der Waals surface area contributed by atoms with Crippen LogP contribution in [0.1, 0.15) is 39.5 Å². The first-order valence-electron chi connectivity index (χ1n) is 5.75. The van der Waals surface area contributed by atoms with Crippen molar-refractivity contribution >= 4 is 29.2 Å². The number of alkyl halides is 1. The molecule has 1 aliphatic rings. The average Bonchev–Trinajstić information content (AvgIpc) is 2.55. The van der Waals surface area contributed by atoms with Gasteiger partial charge in [0, 0.05) is 16.8 Å². The molecule has 0 N–H and O–H groups in total. The summed E-state index contributed by atoms with van der Waals surface area (Å²) >= 11 is 11.8. The molecule has 0 aromatic carbocycles. The predicted molar refractivity (Wildman–Crippen MR) is 66.8 cm³/mol. The Morgan fingerprint density at radius 2 is 2.12 bits per heavy atom. The van der Waals surface area contributed by atoms with E-state index in [0.29, 0.717) is 16.5 Å². The Morgan fingerprint density at radius 3 is 2.62 bits per heavy atom. The van der Waals surface area contributed by atoms with Crippen LogP contribution in [-0.4, -0.2) is 18.0 Å². The lowest BCUT2D eigenvalue weighted by Gasteiger charge is -2.15. The van der Waals surface area contributed by atoms with Gasteiger partial charge in [-0.25, -0.2) is 4.79 Å². The van der Waals surface area contributed by atoms with Gasteiger partial charge in [-0.3, -0.25) is 0 Å². The first kappa shape index (κ1) is 13.9. The Morgan fingerprint density at radius 1 is 1.44 bits per heavy atom. The zero-order valence-electron chi connectivity index (χ0n) is 9.76.